The van der Waals surface area contributed by atoms with Crippen molar-refractivity contribution in [3.63, 3.8) is 0 Å². The Balaban J connectivity index is 1.38. The lowest BCUT2D eigenvalue weighted by Crippen LogP contribution is -2.49. The molecule has 1 aliphatic heterocycles. The average Bonchev–Trinajstić information content (AvgIpc) is 3.46. The summed E-state index contributed by atoms with van der Waals surface area (Å²) in [5, 5.41) is 0. The van der Waals surface area contributed by atoms with Crippen LogP contribution >= 0.6 is 11.5 Å². The van der Waals surface area contributed by atoms with Crippen LogP contribution in [0.4, 0.5) is 5.69 Å². The van der Waals surface area contributed by atoms with E-state index in [2.05, 4.69) is 46.3 Å². The second kappa shape index (κ2) is 7.09. The molecule has 1 saturated heterocycles. The Bertz CT molecular complexity index is 1260. The Hall–Kier alpha value is -2.94. The highest BCUT2D eigenvalue weighted by atomic mass is 32.1. The van der Waals surface area contributed by atoms with Gasteiger partial charge in [0.2, 0.25) is 0 Å². The number of nitrogens with one attached hydrogen (secondary N) is 1. The van der Waals surface area contributed by atoms with Gasteiger partial charge in [0.05, 0.1) is 5.52 Å². The van der Waals surface area contributed by atoms with E-state index in [0.29, 0.717) is 18.0 Å². The number of hydrogen-bond acceptors (Lipinski definition) is 6. The molecular weight excluding hydrogens is 402 g/mol. The SMILES string of the molecule is Cc1ccc(N2CCN(C(=O)c3snc4c(=O)n(C5CC5)c(=O)[nH]c34)CC2)c(C)c1. The lowest BCUT2D eigenvalue weighted by atomic mass is 10.1. The minimum atomic E-state index is -0.455. The summed E-state index contributed by atoms with van der Waals surface area (Å²) >= 11 is 0.991. The third kappa shape index (κ3) is 3.13. The van der Waals surface area contributed by atoms with Crippen molar-refractivity contribution in [1.82, 2.24) is 18.8 Å². The van der Waals surface area contributed by atoms with Gasteiger partial charge in [0.25, 0.3) is 11.5 Å². The molecule has 0 spiro atoms. The zero-order chi connectivity index (χ0) is 21.0. The lowest BCUT2D eigenvalue weighted by molar-refractivity contribution is 0.0753. The standard InChI is InChI=1S/C21H23N5O3S/c1-12-3-6-15(13(2)11-12)24-7-9-25(10-8-24)20(28)18-16-17(23-30-18)19(27)26(14-4-5-14)21(29)22-16/h3,6,11,14H,4-5,7-10H2,1-2H3,(H,22,29). The molecular formula is C21H23N5O3S. The van der Waals surface area contributed by atoms with Crippen LogP contribution in [0.3, 0.4) is 0 Å². The van der Waals surface area contributed by atoms with Crippen molar-refractivity contribution in [1.29, 1.82) is 0 Å². The highest BCUT2D eigenvalue weighted by Gasteiger charge is 2.31. The molecule has 1 N–H and O–H groups in total. The minimum absolute atomic E-state index is 0.0372. The van der Waals surface area contributed by atoms with Gasteiger partial charge in [0, 0.05) is 37.9 Å². The number of carbonyl (C=O) groups is 1. The number of rotatable bonds is 3. The van der Waals surface area contributed by atoms with Gasteiger partial charge in [-0.3, -0.25) is 14.2 Å². The Morgan fingerprint density at radius 2 is 1.87 bits per heavy atom. The largest absolute Gasteiger partial charge is 0.368 e. The molecule has 0 atom stereocenters. The Morgan fingerprint density at radius 1 is 1.13 bits per heavy atom. The Morgan fingerprint density at radius 3 is 2.53 bits per heavy atom. The molecule has 1 saturated carbocycles. The lowest BCUT2D eigenvalue weighted by Gasteiger charge is -2.36. The van der Waals surface area contributed by atoms with E-state index in [-0.39, 0.29) is 23.0 Å². The van der Waals surface area contributed by atoms with Gasteiger partial charge >= 0.3 is 5.69 Å². The third-order valence-electron chi connectivity index (χ3n) is 5.93. The second-order valence-corrected chi connectivity index (χ2v) is 8.91. The Labute approximate surface area is 176 Å². The number of anilines is 1. The molecule has 1 amide bonds. The first-order valence-electron chi connectivity index (χ1n) is 10.2. The van der Waals surface area contributed by atoms with Crippen LogP contribution in [-0.4, -0.2) is 50.9 Å². The predicted octanol–water partition coefficient (Wildman–Crippen LogP) is 2.06. The molecule has 0 bridgehead atoms. The molecule has 3 heterocycles. The van der Waals surface area contributed by atoms with E-state index >= 15 is 0 Å². The first-order chi connectivity index (χ1) is 14.4. The normalized spacial score (nSPS) is 17.0. The predicted molar refractivity (Wildman–Crippen MR) is 117 cm³/mol. The van der Waals surface area contributed by atoms with Crippen LogP contribution in [-0.2, 0) is 0 Å². The zero-order valence-electron chi connectivity index (χ0n) is 17.0. The summed E-state index contributed by atoms with van der Waals surface area (Å²) in [6.45, 7) is 6.81. The third-order valence-corrected chi connectivity index (χ3v) is 6.77. The van der Waals surface area contributed by atoms with Crippen molar-refractivity contribution in [2.24, 2.45) is 0 Å². The van der Waals surface area contributed by atoms with Crippen molar-refractivity contribution in [2.45, 2.75) is 32.7 Å². The highest BCUT2D eigenvalue weighted by molar-refractivity contribution is 7.09. The fraction of sp³-hybridized carbons (Fsp3) is 0.429. The van der Waals surface area contributed by atoms with E-state index in [4.69, 9.17) is 0 Å². The number of H-pyrrole nitrogens is 1. The van der Waals surface area contributed by atoms with Crippen molar-refractivity contribution in [3.8, 4) is 0 Å². The molecule has 2 aliphatic rings. The molecule has 30 heavy (non-hydrogen) atoms. The number of amides is 1. The van der Waals surface area contributed by atoms with E-state index in [0.717, 1.165) is 37.5 Å². The summed E-state index contributed by atoms with van der Waals surface area (Å²) in [7, 11) is 0. The second-order valence-electron chi connectivity index (χ2n) is 8.14. The smallest absolute Gasteiger partial charge is 0.329 e. The van der Waals surface area contributed by atoms with Crippen LogP contribution in [0.2, 0.25) is 0 Å². The molecule has 1 aromatic carbocycles. The number of aryl methyl sites for hydroxylation is 2. The molecule has 0 radical (unpaired) electrons. The van der Waals surface area contributed by atoms with E-state index in [9.17, 15) is 14.4 Å². The summed E-state index contributed by atoms with van der Waals surface area (Å²) in [5.41, 5.74) is 3.26. The zero-order valence-corrected chi connectivity index (χ0v) is 17.8. The summed E-state index contributed by atoms with van der Waals surface area (Å²) in [6, 6.07) is 6.37. The quantitative estimate of drug-likeness (QED) is 0.694. The van der Waals surface area contributed by atoms with Gasteiger partial charge < -0.3 is 14.8 Å². The summed E-state index contributed by atoms with van der Waals surface area (Å²) in [5.74, 6) is -0.179. The molecule has 8 nitrogen and oxygen atoms in total. The summed E-state index contributed by atoms with van der Waals surface area (Å²) in [4.78, 5) is 45.3. The van der Waals surface area contributed by atoms with Crippen molar-refractivity contribution < 1.29 is 4.79 Å². The van der Waals surface area contributed by atoms with Gasteiger partial charge in [0.15, 0.2) is 5.52 Å². The van der Waals surface area contributed by atoms with Gasteiger partial charge in [0.1, 0.15) is 4.88 Å². The fourth-order valence-electron chi connectivity index (χ4n) is 4.19. The number of fused-ring (bicyclic) bond motifs is 1. The average molecular weight is 426 g/mol. The fourth-order valence-corrected chi connectivity index (χ4v) is 4.99. The van der Waals surface area contributed by atoms with Crippen molar-refractivity contribution in [2.75, 3.05) is 31.1 Å². The molecule has 156 valence electrons. The van der Waals surface area contributed by atoms with Crippen LogP contribution in [0.1, 0.15) is 39.7 Å². The van der Waals surface area contributed by atoms with E-state index < -0.39 is 11.2 Å². The summed E-state index contributed by atoms with van der Waals surface area (Å²) < 4.78 is 5.44. The molecule has 3 aromatic rings. The van der Waals surface area contributed by atoms with Gasteiger partial charge in [-0.2, -0.15) is 4.37 Å². The van der Waals surface area contributed by atoms with Crippen LogP contribution in [0.25, 0.3) is 11.0 Å². The molecule has 9 heteroatoms. The number of nitrogens with zero attached hydrogens (tertiary/aromatic N) is 4. The maximum Gasteiger partial charge on any atom is 0.329 e. The van der Waals surface area contributed by atoms with Gasteiger partial charge in [-0.25, -0.2) is 4.79 Å². The first-order valence-corrected chi connectivity index (χ1v) is 11.0. The molecule has 2 aromatic heterocycles. The van der Waals surface area contributed by atoms with Crippen LogP contribution in [0, 0.1) is 13.8 Å². The number of aromatic amines is 1. The first kappa shape index (κ1) is 19.0. The molecule has 1 aliphatic carbocycles. The minimum Gasteiger partial charge on any atom is -0.368 e. The van der Waals surface area contributed by atoms with Crippen LogP contribution < -0.4 is 16.1 Å². The van der Waals surface area contributed by atoms with Crippen molar-refractivity contribution >= 4 is 34.2 Å². The van der Waals surface area contributed by atoms with E-state index in [1.807, 2.05) is 0 Å². The van der Waals surface area contributed by atoms with Crippen LogP contribution in [0.15, 0.2) is 27.8 Å². The number of aromatic nitrogens is 3. The van der Waals surface area contributed by atoms with Gasteiger partial charge in [-0.05, 0) is 49.9 Å². The number of carbonyl (C=O) groups excluding carboxylic acids is 1. The topological polar surface area (TPSA) is 91.3 Å². The van der Waals surface area contributed by atoms with Gasteiger partial charge in [-0.15, -0.1) is 0 Å². The van der Waals surface area contributed by atoms with E-state index in [1.54, 1.807) is 4.90 Å². The maximum absolute atomic E-state index is 13.1. The van der Waals surface area contributed by atoms with Crippen LogP contribution in [0.5, 0.6) is 0 Å². The summed E-state index contributed by atoms with van der Waals surface area (Å²) in [6.07, 6.45) is 1.66. The number of piperazine rings is 1. The number of hydrogen-bond donors (Lipinski definition) is 1. The van der Waals surface area contributed by atoms with Crippen molar-refractivity contribution in [3.05, 3.63) is 55.0 Å². The molecule has 2 fully saturated rings. The highest BCUT2D eigenvalue weighted by Crippen LogP contribution is 2.32. The monoisotopic (exact) mass is 425 g/mol. The van der Waals surface area contributed by atoms with Gasteiger partial charge in [-0.1, -0.05) is 17.7 Å². The molecule has 5 rings (SSSR count). The Kier molecular flexibility index (Phi) is 4.50. The number of benzene rings is 1. The molecule has 0 unspecified atom stereocenters. The maximum atomic E-state index is 13.1. The van der Waals surface area contributed by atoms with E-state index in [1.165, 1.54) is 21.4 Å².